The molecule has 1 aromatic heterocycles. The number of rotatable bonds is 5. The molecular formula is C20H19NO5S. The molecule has 2 aromatic rings. The summed E-state index contributed by atoms with van der Waals surface area (Å²) in [5.74, 6) is -3.41. The number of anilines is 1. The highest BCUT2D eigenvalue weighted by Gasteiger charge is 2.35. The molecule has 0 fully saturated rings. The molecule has 7 heteroatoms. The van der Waals surface area contributed by atoms with Crippen LogP contribution < -0.4 is 5.32 Å². The van der Waals surface area contributed by atoms with Crippen LogP contribution in [0.1, 0.15) is 23.2 Å². The Morgan fingerprint density at radius 3 is 2.41 bits per heavy atom. The average molecular weight is 385 g/mol. The number of hydrogen-bond acceptors (Lipinski definition) is 5. The zero-order valence-corrected chi connectivity index (χ0v) is 15.5. The third-order valence-corrected chi connectivity index (χ3v) is 5.48. The van der Waals surface area contributed by atoms with E-state index in [1.165, 1.54) is 18.4 Å². The average Bonchev–Trinajstić information content (AvgIpc) is 3.11. The minimum Gasteiger partial charge on any atom is -0.481 e. The van der Waals surface area contributed by atoms with Crippen LogP contribution in [0.15, 0.2) is 47.9 Å². The molecule has 0 saturated heterocycles. The molecule has 27 heavy (non-hydrogen) atoms. The number of aliphatic carboxylic acids is 1. The lowest BCUT2D eigenvalue weighted by Crippen LogP contribution is -2.34. The van der Waals surface area contributed by atoms with Crippen molar-refractivity contribution < 1.29 is 24.2 Å². The second kappa shape index (κ2) is 8.18. The van der Waals surface area contributed by atoms with Crippen LogP contribution in [0.4, 0.5) is 5.00 Å². The SMILES string of the molecule is COC(=O)c1c(-c2ccccc2)csc1NC(=O)[C@@H]1CC=CC[C@@H]1C(=O)O. The van der Waals surface area contributed by atoms with Crippen molar-refractivity contribution in [3.63, 3.8) is 0 Å². The minimum absolute atomic E-state index is 0.278. The molecule has 0 unspecified atom stereocenters. The summed E-state index contributed by atoms with van der Waals surface area (Å²) < 4.78 is 4.89. The van der Waals surface area contributed by atoms with Gasteiger partial charge in [0.05, 0.1) is 18.9 Å². The molecule has 1 amide bonds. The van der Waals surface area contributed by atoms with E-state index in [0.29, 0.717) is 23.4 Å². The van der Waals surface area contributed by atoms with Gasteiger partial charge in [-0.2, -0.15) is 0 Å². The van der Waals surface area contributed by atoms with Crippen molar-refractivity contribution in [3.8, 4) is 11.1 Å². The fraction of sp³-hybridized carbons (Fsp3) is 0.250. The molecule has 1 aromatic carbocycles. The van der Waals surface area contributed by atoms with Gasteiger partial charge in [-0.1, -0.05) is 42.5 Å². The van der Waals surface area contributed by atoms with Crippen LogP contribution in [0.3, 0.4) is 0 Å². The quantitative estimate of drug-likeness (QED) is 0.603. The van der Waals surface area contributed by atoms with Crippen molar-refractivity contribution in [3.05, 3.63) is 53.4 Å². The van der Waals surface area contributed by atoms with Gasteiger partial charge in [0.25, 0.3) is 0 Å². The fourth-order valence-corrected chi connectivity index (χ4v) is 4.13. The molecule has 2 atom stereocenters. The summed E-state index contributed by atoms with van der Waals surface area (Å²) in [6.45, 7) is 0. The zero-order chi connectivity index (χ0) is 19.4. The normalized spacial score (nSPS) is 18.7. The van der Waals surface area contributed by atoms with Crippen molar-refractivity contribution >= 4 is 34.2 Å². The highest BCUT2D eigenvalue weighted by molar-refractivity contribution is 7.15. The van der Waals surface area contributed by atoms with Gasteiger partial charge < -0.3 is 15.2 Å². The number of thiophene rings is 1. The number of methoxy groups -OCH3 is 1. The Bertz CT molecular complexity index is 887. The van der Waals surface area contributed by atoms with E-state index in [4.69, 9.17) is 4.74 Å². The van der Waals surface area contributed by atoms with Gasteiger partial charge in [0.1, 0.15) is 10.6 Å². The van der Waals surface area contributed by atoms with Gasteiger partial charge in [-0.05, 0) is 18.4 Å². The summed E-state index contributed by atoms with van der Waals surface area (Å²) in [7, 11) is 1.28. The number of carboxylic acid groups (broad SMARTS) is 1. The molecule has 140 valence electrons. The number of hydrogen-bond donors (Lipinski definition) is 2. The van der Waals surface area contributed by atoms with Gasteiger partial charge in [0.15, 0.2) is 0 Å². The maximum atomic E-state index is 12.7. The smallest absolute Gasteiger partial charge is 0.341 e. The van der Waals surface area contributed by atoms with Crippen LogP contribution in [0.2, 0.25) is 0 Å². The number of esters is 1. The molecule has 1 heterocycles. The summed E-state index contributed by atoms with van der Waals surface area (Å²) in [4.78, 5) is 36.5. The second-order valence-electron chi connectivity index (χ2n) is 6.19. The summed E-state index contributed by atoms with van der Waals surface area (Å²) in [6, 6.07) is 9.33. The Morgan fingerprint density at radius 2 is 1.78 bits per heavy atom. The first kappa shape index (κ1) is 18.8. The lowest BCUT2D eigenvalue weighted by molar-refractivity contribution is -0.146. The van der Waals surface area contributed by atoms with E-state index in [2.05, 4.69) is 5.32 Å². The molecule has 1 aliphatic rings. The van der Waals surface area contributed by atoms with Gasteiger partial charge in [0, 0.05) is 10.9 Å². The Hall–Kier alpha value is -2.93. The molecule has 0 spiro atoms. The second-order valence-corrected chi connectivity index (χ2v) is 7.07. The van der Waals surface area contributed by atoms with E-state index in [1.54, 1.807) is 11.5 Å². The molecular weight excluding hydrogens is 366 g/mol. The van der Waals surface area contributed by atoms with Gasteiger partial charge >= 0.3 is 11.9 Å². The maximum absolute atomic E-state index is 12.7. The number of nitrogens with one attached hydrogen (secondary N) is 1. The number of allylic oxidation sites excluding steroid dienone is 2. The topological polar surface area (TPSA) is 92.7 Å². The van der Waals surface area contributed by atoms with E-state index in [0.717, 1.165) is 5.56 Å². The van der Waals surface area contributed by atoms with Crippen LogP contribution in [-0.4, -0.2) is 30.1 Å². The lowest BCUT2D eigenvalue weighted by Gasteiger charge is -2.24. The summed E-state index contributed by atoms with van der Waals surface area (Å²) in [6.07, 6.45) is 4.26. The predicted molar refractivity (Wildman–Crippen MR) is 103 cm³/mol. The van der Waals surface area contributed by atoms with E-state index in [9.17, 15) is 19.5 Å². The van der Waals surface area contributed by atoms with Crippen molar-refractivity contribution in [2.24, 2.45) is 11.8 Å². The van der Waals surface area contributed by atoms with Gasteiger partial charge in [-0.15, -0.1) is 11.3 Å². The van der Waals surface area contributed by atoms with Gasteiger partial charge in [0.2, 0.25) is 5.91 Å². The zero-order valence-electron chi connectivity index (χ0n) is 14.7. The molecule has 0 saturated carbocycles. The first-order valence-corrected chi connectivity index (χ1v) is 9.34. The molecule has 0 bridgehead atoms. The van der Waals surface area contributed by atoms with E-state index in [-0.39, 0.29) is 5.56 Å². The Morgan fingerprint density at radius 1 is 1.11 bits per heavy atom. The Labute approximate surface area is 160 Å². The van der Waals surface area contributed by atoms with Gasteiger partial charge in [-0.3, -0.25) is 9.59 Å². The number of benzene rings is 1. The summed E-state index contributed by atoms with van der Waals surface area (Å²) in [5.41, 5.74) is 1.78. The predicted octanol–water partition coefficient (Wildman–Crippen LogP) is 3.81. The first-order valence-electron chi connectivity index (χ1n) is 8.46. The maximum Gasteiger partial charge on any atom is 0.341 e. The molecule has 6 nitrogen and oxygen atoms in total. The van der Waals surface area contributed by atoms with E-state index >= 15 is 0 Å². The summed E-state index contributed by atoms with van der Waals surface area (Å²) in [5, 5.41) is 14.3. The van der Waals surface area contributed by atoms with Crippen molar-refractivity contribution in [1.82, 2.24) is 0 Å². The van der Waals surface area contributed by atoms with Crippen LogP contribution in [0.5, 0.6) is 0 Å². The third-order valence-electron chi connectivity index (χ3n) is 4.59. The number of amides is 1. The lowest BCUT2D eigenvalue weighted by atomic mass is 9.82. The molecule has 0 radical (unpaired) electrons. The highest BCUT2D eigenvalue weighted by atomic mass is 32.1. The van der Waals surface area contributed by atoms with Crippen molar-refractivity contribution in [2.45, 2.75) is 12.8 Å². The molecule has 0 aliphatic heterocycles. The molecule has 1 aliphatic carbocycles. The summed E-state index contributed by atoms with van der Waals surface area (Å²) >= 11 is 1.22. The molecule has 3 rings (SSSR count). The highest BCUT2D eigenvalue weighted by Crippen LogP contribution is 2.37. The van der Waals surface area contributed by atoms with E-state index < -0.39 is 29.7 Å². The van der Waals surface area contributed by atoms with Crippen LogP contribution in [0, 0.1) is 11.8 Å². The van der Waals surface area contributed by atoms with Crippen LogP contribution in [0.25, 0.3) is 11.1 Å². The van der Waals surface area contributed by atoms with Gasteiger partial charge in [-0.25, -0.2) is 4.79 Å². The minimum atomic E-state index is -0.996. The largest absolute Gasteiger partial charge is 0.481 e. The van der Waals surface area contributed by atoms with Crippen LogP contribution >= 0.6 is 11.3 Å². The number of ether oxygens (including phenoxy) is 1. The first-order chi connectivity index (χ1) is 13.0. The Kier molecular flexibility index (Phi) is 5.71. The number of carbonyl (C=O) groups is 3. The molecule has 2 N–H and O–H groups in total. The van der Waals surface area contributed by atoms with E-state index in [1.807, 2.05) is 36.4 Å². The van der Waals surface area contributed by atoms with Crippen LogP contribution in [-0.2, 0) is 14.3 Å². The van der Waals surface area contributed by atoms with Crippen molar-refractivity contribution in [1.29, 1.82) is 0 Å². The standard InChI is InChI=1S/C20H19NO5S/c1-26-20(25)16-15(12-7-3-2-4-8-12)11-27-18(16)21-17(22)13-9-5-6-10-14(13)19(23)24/h2-8,11,13-14H,9-10H2,1H3,(H,21,22)(H,23,24)/t13-,14+/m1/s1. The van der Waals surface area contributed by atoms with Crippen molar-refractivity contribution in [2.75, 3.05) is 12.4 Å². The Balaban J connectivity index is 1.92. The fourth-order valence-electron chi connectivity index (χ4n) is 3.17. The number of carbonyl (C=O) groups excluding carboxylic acids is 2. The third kappa shape index (κ3) is 3.93. The number of carboxylic acids is 1. The monoisotopic (exact) mass is 385 g/mol.